The van der Waals surface area contributed by atoms with Crippen LogP contribution in [0.25, 0.3) is 0 Å². The molecule has 1 aliphatic heterocycles. The molecule has 2 aromatic carbocycles. The van der Waals surface area contributed by atoms with Crippen molar-refractivity contribution in [2.75, 3.05) is 16.8 Å². The van der Waals surface area contributed by atoms with Crippen LogP contribution in [0.15, 0.2) is 96.5 Å². The van der Waals surface area contributed by atoms with Crippen molar-refractivity contribution < 1.29 is 9.53 Å². The molecule has 1 amide bonds. The number of nitrogens with one attached hydrogen (secondary N) is 2. The molecule has 2 atom stereocenters. The summed E-state index contributed by atoms with van der Waals surface area (Å²) in [5.74, 6) is 0.437. The first-order chi connectivity index (χ1) is 16.7. The van der Waals surface area contributed by atoms with E-state index in [4.69, 9.17) is 17.0 Å². The van der Waals surface area contributed by atoms with Crippen LogP contribution in [0.4, 0.5) is 11.4 Å². The molecule has 0 radical (unpaired) electrons. The quantitative estimate of drug-likeness (QED) is 0.344. The minimum absolute atomic E-state index is 0.0258. The number of rotatable bonds is 7. The molecule has 0 bridgehead atoms. The lowest BCUT2D eigenvalue weighted by molar-refractivity contribution is -0.118. The van der Waals surface area contributed by atoms with Crippen molar-refractivity contribution in [1.82, 2.24) is 10.3 Å². The predicted octanol–water partition coefficient (Wildman–Crippen LogP) is 5.34. The Bertz CT molecular complexity index is 1250. The predicted molar refractivity (Wildman–Crippen MR) is 139 cm³/mol. The lowest BCUT2D eigenvalue weighted by Gasteiger charge is -2.27. The van der Waals surface area contributed by atoms with Crippen LogP contribution in [0, 0.1) is 0 Å². The number of aromatic nitrogens is 1. The summed E-state index contributed by atoms with van der Waals surface area (Å²) in [6.45, 7) is -0.0574. The number of carbonyl (C=O) groups is 1. The van der Waals surface area contributed by atoms with Crippen LogP contribution < -0.4 is 20.3 Å². The van der Waals surface area contributed by atoms with Crippen LogP contribution in [0.3, 0.4) is 0 Å². The number of ether oxygens (including phenoxy) is 1. The molecule has 4 aromatic rings. The highest BCUT2D eigenvalue weighted by atomic mass is 32.1. The van der Waals surface area contributed by atoms with Crippen molar-refractivity contribution in [3.05, 3.63) is 107 Å². The summed E-state index contributed by atoms with van der Waals surface area (Å²) in [7, 11) is 0. The molecule has 2 N–H and O–H groups in total. The number of para-hydroxylation sites is 1. The van der Waals surface area contributed by atoms with Crippen molar-refractivity contribution in [3.8, 4) is 5.75 Å². The number of thiocarbonyl (C=S) groups is 1. The Morgan fingerprint density at radius 3 is 2.53 bits per heavy atom. The first-order valence-electron chi connectivity index (χ1n) is 10.8. The molecule has 1 saturated heterocycles. The van der Waals surface area contributed by atoms with Gasteiger partial charge in [-0.05, 0) is 72.2 Å². The molecule has 170 valence electrons. The van der Waals surface area contributed by atoms with Gasteiger partial charge in [-0.1, -0.05) is 30.3 Å². The van der Waals surface area contributed by atoms with Gasteiger partial charge in [-0.15, -0.1) is 11.3 Å². The van der Waals surface area contributed by atoms with E-state index in [2.05, 4.69) is 32.0 Å². The molecule has 6 nitrogen and oxygen atoms in total. The third-order valence-electron chi connectivity index (χ3n) is 5.48. The van der Waals surface area contributed by atoms with Gasteiger partial charge < -0.3 is 20.3 Å². The first kappa shape index (κ1) is 22.1. The minimum atomic E-state index is -0.221. The molecule has 0 aliphatic carbocycles. The van der Waals surface area contributed by atoms with Crippen LogP contribution in [0.2, 0.25) is 0 Å². The molecule has 1 aliphatic rings. The fraction of sp³-hybridized carbons (Fsp3) is 0.115. The van der Waals surface area contributed by atoms with E-state index >= 15 is 0 Å². The van der Waals surface area contributed by atoms with E-state index < -0.39 is 0 Å². The van der Waals surface area contributed by atoms with E-state index in [0.29, 0.717) is 16.5 Å². The number of anilines is 2. The second kappa shape index (κ2) is 10.0. The molecular formula is C26H22N4O2S2. The van der Waals surface area contributed by atoms with Gasteiger partial charge >= 0.3 is 0 Å². The maximum Gasteiger partial charge on any atom is 0.262 e. The summed E-state index contributed by atoms with van der Waals surface area (Å²) in [6.07, 6.45) is 1.80. The van der Waals surface area contributed by atoms with E-state index in [-0.39, 0.29) is 24.6 Å². The summed E-state index contributed by atoms with van der Waals surface area (Å²) < 4.78 is 5.52. The van der Waals surface area contributed by atoms with E-state index in [1.165, 1.54) is 4.88 Å². The number of nitrogens with zero attached hydrogens (tertiary/aromatic N) is 2. The van der Waals surface area contributed by atoms with Crippen LogP contribution in [-0.2, 0) is 4.79 Å². The third kappa shape index (κ3) is 4.78. The summed E-state index contributed by atoms with van der Waals surface area (Å²) >= 11 is 7.43. The van der Waals surface area contributed by atoms with E-state index in [1.807, 2.05) is 78.9 Å². The van der Waals surface area contributed by atoms with E-state index in [9.17, 15) is 4.79 Å². The molecule has 34 heavy (non-hydrogen) atoms. The van der Waals surface area contributed by atoms with Crippen molar-refractivity contribution in [2.24, 2.45) is 0 Å². The highest BCUT2D eigenvalue weighted by Crippen LogP contribution is 2.43. The maximum absolute atomic E-state index is 12.3. The van der Waals surface area contributed by atoms with Crippen LogP contribution >= 0.6 is 23.6 Å². The van der Waals surface area contributed by atoms with Crippen molar-refractivity contribution >= 4 is 45.9 Å². The number of hydrogen-bond acceptors (Lipinski definition) is 5. The number of hydrogen-bond donors (Lipinski definition) is 2. The molecule has 5 rings (SSSR count). The zero-order chi connectivity index (χ0) is 23.3. The molecule has 3 heterocycles. The molecule has 1 fully saturated rings. The van der Waals surface area contributed by atoms with Gasteiger partial charge in [0.05, 0.1) is 17.8 Å². The lowest BCUT2D eigenvalue weighted by Crippen LogP contribution is -2.29. The fourth-order valence-corrected chi connectivity index (χ4v) is 5.15. The molecule has 0 saturated carbocycles. The van der Waals surface area contributed by atoms with Gasteiger partial charge in [-0.2, -0.15) is 0 Å². The number of amides is 1. The summed E-state index contributed by atoms with van der Waals surface area (Å²) in [6, 6.07) is 26.9. The van der Waals surface area contributed by atoms with Gasteiger partial charge in [0.2, 0.25) is 0 Å². The number of carbonyl (C=O) groups excluding carboxylic acids is 1. The molecule has 2 aromatic heterocycles. The summed E-state index contributed by atoms with van der Waals surface area (Å²) in [5.41, 5.74) is 2.57. The Kier molecular flexibility index (Phi) is 6.51. The SMILES string of the molecule is O=C(COc1ccccc1)Nc1ccc(N2C(=S)N[C@@H](c3ccccn3)[C@H]2c2cccs2)cc1. The highest BCUT2D eigenvalue weighted by Gasteiger charge is 2.41. The second-order valence-corrected chi connectivity index (χ2v) is 9.07. The van der Waals surface area contributed by atoms with Crippen LogP contribution in [-0.4, -0.2) is 22.6 Å². The molecular weight excluding hydrogens is 464 g/mol. The fourth-order valence-electron chi connectivity index (χ4n) is 3.95. The third-order valence-corrected chi connectivity index (χ3v) is 6.73. The zero-order valence-corrected chi connectivity index (χ0v) is 19.8. The largest absolute Gasteiger partial charge is 0.484 e. The summed E-state index contributed by atoms with van der Waals surface area (Å²) in [4.78, 5) is 20.2. The topological polar surface area (TPSA) is 66.5 Å². The standard InChI is InChI=1S/C26H22N4O2S2/c31-23(17-32-20-7-2-1-3-8-20)28-18-11-13-19(14-12-18)30-25(22-10-6-16-34-22)24(29-26(30)33)21-9-4-5-15-27-21/h1-16,24-25H,17H2,(H,28,31)(H,29,33)/t24-,25+/m0/s1. The van der Waals surface area contributed by atoms with Crippen molar-refractivity contribution in [2.45, 2.75) is 12.1 Å². The normalized spacial score (nSPS) is 17.3. The number of thiophene rings is 1. The summed E-state index contributed by atoms with van der Waals surface area (Å²) in [5, 5.41) is 9.04. The van der Waals surface area contributed by atoms with Crippen molar-refractivity contribution in [1.29, 1.82) is 0 Å². The Morgan fingerprint density at radius 1 is 1.03 bits per heavy atom. The van der Waals surface area contributed by atoms with Gasteiger partial charge in [0, 0.05) is 22.4 Å². The molecule has 0 unspecified atom stereocenters. The van der Waals surface area contributed by atoms with Gasteiger partial charge in [0.25, 0.3) is 5.91 Å². The van der Waals surface area contributed by atoms with Crippen LogP contribution in [0.1, 0.15) is 22.7 Å². The zero-order valence-electron chi connectivity index (χ0n) is 18.1. The highest BCUT2D eigenvalue weighted by molar-refractivity contribution is 7.80. The number of benzene rings is 2. The first-order valence-corrected chi connectivity index (χ1v) is 12.1. The average molecular weight is 487 g/mol. The van der Waals surface area contributed by atoms with Gasteiger partial charge in [-0.25, -0.2) is 0 Å². The van der Waals surface area contributed by atoms with Gasteiger partial charge in [0.15, 0.2) is 11.7 Å². The monoisotopic (exact) mass is 486 g/mol. The van der Waals surface area contributed by atoms with Gasteiger partial charge in [-0.3, -0.25) is 9.78 Å². The Morgan fingerprint density at radius 2 is 1.82 bits per heavy atom. The Hall–Kier alpha value is -3.75. The molecule has 8 heteroatoms. The number of pyridine rings is 1. The minimum Gasteiger partial charge on any atom is -0.484 e. The maximum atomic E-state index is 12.3. The van der Waals surface area contributed by atoms with Crippen molar-refractivity contribution in [3.63, 3.8) is 0 Å². The Labute approximate surface area is 207 Å². The smallest absolute Gasteiger partial charge is 0.262 e. The van der Waals surface area contributed by atoms with E-state index in [0.717, 1.165) is 11.4 Å². The van der Waals surface area contributed by atoms with E-state index in [1.54, 1.807) is 17.5 Å². The van der Waals surface area contributed by atoms with Crippen LogP contribution in [0.5, 0.6) is 5.75 Å². The molecule has 0 spiro atoms. The van der Waals surface area contributed by atoms with Gasteiger partial charge in [0.1, 0.15) is 5.75 Å². The Balaban J connectivity index is 1.32. The average Bonchev–Trinajstić information content (AvgIpc) is 3.52. The second-order valence-electron chi connectivity index (χ2n) is 7.71. The lowest BCUT2D eigenvalue weighted by atomic mass is 10.0.